The van der Waals surface area contributed by atoms with Crippen LogP contribution < -0.4 is 4.74 Å². The van der Waals surface area contributed by atoms with Gasteiger partial charge >= 0.3 is 0 Å². The van der Waals surface area contributed by atoms with E-state index in [1.807, 2.05) is 0 Å². The van der Waals surface area contributed by atoms with Crippen LogP contribution in [0.4, 0.5) is 0 Å². The molecule has 0 radical (unpaired) electrons. The number of ketones is 4. The summed E-state index contributed by atoms with van der Waals surface area (Å²) < 4.78 is 7.10. The molecule has 4 fully saturated rings. The first kappa shape index (κ1) is 42.5. The predicted molar refractivity (Wildman–Crippen MR) is 236 cm³/mol. The highest BCUT2D eigenvalue weighted by Gasteiger charge is 2.59. The molecule has 8 unspecified atom stereocenters. The molecule has 58 heavy (non-hydrogen) atoms. The number of hydrogen-bond donors (Lipinski definition) is 0. The van der Waals surface area contributed by atoms with Crippen molar-refractivity contribution in [2.75, 3.05) is 0 Å². The Labute approximate surface area is 348 Å². The molecule has 5 aliphatic carbocycles. The third kappa shape index (κ3) is 8.95. The van der Waals surface area contributed by atoms with Gasteiger partial charge in [0.25, 0.3) is 0 Å². The van der Waals surface area contributed by atoms with E-state index in [0.29, 0.717) is 37.5 Å². The Bertz CT molecular complexity index is 2010. The predicted octanol–water partition coefficient (Wildman–Crippen LogP) is 12.4. The maximum absolute atomic E-state index is 15.0. The molecule has 0 heterocycles. The highest BCUT2D eigenvalue weighted by molar-refractivity contribution is 5.98. The molecule has 0 amide bonds. The van der Waals surface area contributed by atoms with E-state index in [-0.39, 0.29) is 48.0 Å². The van der Waals surface area contributed by atoms with Gasteiger partial charge in [-0.1, -0.05) is 83.9 Å². The average Bonchev–Trinajstić information content (AvgIpc) is 3.83. The molecule has 0 aliphatic heterocycles. The van der Waals surface area contributed by atoms with Gasteiger partial charge in [-0.3, -0.25) is 19.2 Å². The zero-order valence-electron chi connectivity index (χ0n) is 36.9. The van der Waals surface area contributed by atoms with Crippen molar-refractivity contribution in [2.45, 2.75) is 151 Å². The number of aryl methyl sites for hydroxylation is 2. The molecule has 0 saturated heterocycles. The molecule has 2 aromatic carbocycles. The Balaban J connectivity index is 1.20. The molecule has 0 spiro atoms. The highest BCUT2D eigenvalue weighted by Crippen LogP contribution is 2.58. The minimum atomic E-state index is -0.721. The Morgan fingerprint density at radius 3 is 2.34 bits per heavy atom. The monoisotopic (exact) mass is 787 g/mol. The number of hydrogen-bond acceptors (Lipinski definition) is 5. The summed E-state index contributed by atoms with van der Waals surface area (Å²) >= 11 is 0. The standard InChI is InChI=1S/C53H70O5/c1-10-12-13-36-16-17-44-45(32(36)5)24-40(37-15-14-34(19-37)18-31(3)4)25-50(44)58-43-27-46(49(56)30-53(33(6)54)29-41(53)11-2)47(28-43)51(57)48(52(7,8)9)26-42(55)22-35-20-38-23-39(38)21-35/h11,15-17,19,24-25,31,35,38-39,41,43,46-48H,2,10,12-14,18,20-23,26-30H2,1,3-9H3. The van der Waals surface area contributed by atoms with E-state index in [2.05, 4.69) is 91.5 Å². The lowest BCUT2D eigenvalue weighted by atomic mass is 9.69. The molecule has 4 saturated carbocycles. The van der Waals surface area contributed by atoms with Gasteiger partial charge in [0.15, 0.2) is 0 Å². The minimum Gasteiger partial charge on any atom is -0.490 e. The molecule has 8 atom stereocenters. The first-order chi connectivity index (χ1) is 27.5. The van der Waals surface area contributed by atoms with Crippen LogP contribution in [0.3, 0.4) is 0 Å². The van der Waals surface area contributed by atoms with Crippen LogP contribution in [0.25, 0.3) is 16.3 Å². The van der Waals surface area contributed by atoms with Gasteiger partial charge in [-0.2, -0.15) is 0 Å². The van der Waals surface area contributed by atoms with Crippen LogP contribution in [-0.2, 0) is 25.6 Å². The summed E-state index contributed by atoms with van der Waals surface area (Å²) in [6, 6.07) is 8.94. The van der Waals surface area contributed by atoms with Crippen LogP contribution >= 0.6 is 0 Å². The fourth-order valence-corrected chi connectivity index (χ4v) is 11.4. The van der Waals surface area contributed by atoms with Crippen LogP contribution in [0, 0.1) is 65.1 Å². The Hall–Kier alpha value is -3.60. The SMILES string of the molecule is C=CC1CC1(CC(=O)C1CC(Oc2cc(C3=CCC(CC(C)C)=C3)cc3c(C)c(CCCC)ccc23)CC1C(=O)C(CC(=O)CC1CC2CC2C1)C(C)(C)C)C(C)=O. The average molecular weight is 787 g/mol. The van der Waals surface area contributed by atoms with Crippen molar-refractivity contribution in [3.8, 4) is 5.75 Å². The van der Waals surface area contributed by atoms with Crippen molar-refractivity contribution >= 4 is 39.5 Å². The minimum absolute atomic E-state index is 0.0152. The molecule has 5 aliphatic rings. The summed E-state index contributed by atoms with van der Waals surface area (Å²) in [4.78, 5) is 56.3. The van der Waals surface area contributed by atoms with Gasteiger partial charge in [-0.25, -0.2) is 0 Å². The topological polar surface area (TPSA) is 77.5 Å². The lowest BCUT2D eigenvalue weighted by Crippen LogP contribution is -2.38. The van der Waals surface area contributed by atoms with E-state index in [4.69, 9.17) is 4.74 Å². The summed E-state index contributed by atoms with van der Waals surface area (Å²) in [5.74, 6) is 1.98. The van der Waals surface area contributed by atoms with E-state index in [1.54, 1.807) is 13.0 Å². The van der Waals surface area contributed by atoms with Crippen LogP contribution in [-0.4, -0.2) is 29.2 Å². The molecule has 5 heteroatoms. The van der Waals surface area contributed by atoms with E-state index in [1.165, 1.54) is 34.1 Å². The van der Waals surface area contributed by atoms with Gasteiger partial charge in [0, 0.05) is 47.8 Å². The first-order valence-corrected chi connectivity index (χ1v) is 22.9. The second-order valence-electron chi connectivity index (χ2n) is 21.0. The molecule has 0 bridgehead atoms. The molecule has 7 rings (SSSR count). The molecular formula is C53H70O5. The number of carbonyl (C=O) groups is 4. The number of rotatable bonds is 19. The van der Waals surface area contributed by atoms with E-state index < -0.39 is 28.6 Å². The number of allylic oxidation sites excluding steroid dienone is 5. The third-order valence-electron chi connectivity index (χ3n) is 15.1. The smallest absolute Gasteiger partial charge is 0.140 e. The highest BCUT2D eigenvalue weighted by atomic mass is 16.5. The largest absolute Gasteiger partial charge is 0.490 e. The van der Waals surface area contributed by atoms with Gasteiger partial charge in [-0.05, 0) is 153 Å². The molecule has 0 aromatic heterocycles. The molecule has 0 N–H and O–H groups in total. The molecule has 5 nitrogen and oxygen atoms in total. The Morgan fingerprint density at radius 1 is 0.983 bits per heavy atom. The zero-order valence-corrected chi connectivity index (χ0v) is 36.9. The van der Waals surface area contributed by atoms with Crippen LogP contribution in [0.5, 0.6) is 5.75 Å². The normalized spacial score (nSPS) is 29.2. The maximum atomic E-state index is 15.0. The third-order valence-corrected chi connectivity index (χ3v) is 15.1. The molecule has 2 aromatic rings. The first-order valence-electron chi connectivity index (χ1n) is 22.9. The quantitative estimate of drug-likeness (QED) is 0.133. The van der Waals surface area contributed by atoms with E-state index >= 15 is 4.79 Å². The maximum Gasteiger partial charge on any atom is 0.140 e. The fraction of sp³-hybridized carbons (Fsp3) is 0.623. The van der Waals surface area contributed by atoms with Crippen LogP contribution in [0.15, 0.2) is 54.6 Å². The van der Waals surface area contributed by atoms with Crippen molar-refractivity contribution in [2.24, 2.45) is 58.2 Å². The number of unbranched alkanes of at least 4 members (excludes halogenated alkanes) is 1. The summed E-state index contributed by atoms with van der Waals surface area (Å²) in [5.41, 5.74) is 5.26. The lowest BCUT2D eigenvalue weighted by molar-refractivity contribution is -0.139. The van der Waals surface area contributed by atoms with Crippen molar-refractivity contribution in [3.05, 3.63) is 71.3 Å². The van der Waals surface area contributed by atoms with E-state index in [0.717, 1.165) is 73.5 Å². The Morgan fingerprint density at radius 2 is 1.71 bits per heavy atom. The second-order valence-corrected chi connectivity index (χ2v) is 21.0. The van der Waals surface area contributed by atoms with Crippen molar-refractivity contribution in [1.82, 2.24) is 0 Å². The van der Waals surface area contributed by atoms with Crippen molar-refractivity contribution in [1.29, 1.82) is 0 Å². The zero-order chi connectivity index (χ0) is 41.7. The summed E-state index contributed by atoms with van der Waals surface area (Å²) in [6.07, 6.45) is 17.4. The summed E-state index contributed by atoms with van der Waals surface area (Å²) in [7, 11) is 0. The van der Waals surface area contributed by atoms with Crippen molar-refractivity contribution < 1.29 is 23.9 Å². The number of ether oxygens (including phenoxy) is 1. The lowest BCUT2D eigenvalue weighted by Gasteiger charge is -2.33. The van der Waals surface area contributed by atoms with Gasteiger partial charge in [0.2, 0.25) is 0 Å². The van der Waals surface area contributed by atoms with Gasteiger partial charge in [0.1, 0.15) is 35.0 Å². The van der Waals surface area contributed by atoms with Gasteiger partial charge in [-0.15, -0.1) is 6.58 Å². The number of carbonyl (C=O) groups excluding carboxylic acids is 4. The van der Waals surface area contributed by atoms with E-state index in [9.17, 15) is 14.4 Å². The van der Waals surface area contributed by atoms with Gasteiger partial charge < -0.3 is 4.74 Å². The van der Waals surface area contributed by atoms with Crippen LogP contribution in [0.1, 0.15) is 149 Å². The number of fused-ring (bicyclic) bond motifs is 2. The molecular weight excluding hydrogens is 717 g/mol. The second kappa shape index (κ2) is 16.8. The number of benzene rings is 2. The summed E-state index contributed by atoms with van der Waals surface area (Å²) in [6.45, 7) is 20.7. The van der Waals surface area contributed by atoms with Gasteiger partial charge in [0.05, 0.1) is 0 Å². The summed E-state index contributed by atoms with van der Waals surface area (Å²) in [5, 5.41) is 2.23. The fourth-order valence-electron chi connectivity index (χ4n) is 11.4. The van der Waals surface area contributed by atoms with Crippen molar-refractivity contribution in [3.63, 3.8) is 0 Å². The molecule has 312 valence electrons. The van der Waals surface area contributed by atoms with Crippen LogP contribution in [0.2, 0.25) is 0 Å². The Kier molecular flexibility index (Phi) is 12.3. The number of Topliss-reactive ketones (excluding diaryl/α,β-unsaturated/α-hetero) is 4.